The third-order valence-electron chi connectivity index (χ3n) is 3.01. The van der Waals surface area contributed by atoms with Crippen molar-refractivity contribution < 1.29 is 13.9 Å². The molecule has 0 aliphatic heterocycles. The number of nitrogens with one attached hydrogen (secondary N) is 1. The molecule has 0 fully saturated rings. The van der Waals surface area contributed by atoms with Gasteiger partial charge in [-0.1, -0.05) is 6.07 Å². The van der Waals surface area contributed by atoms with Crippen molar-refractivity contribution in [2.45, 2.75) is 13.8 Å². The van der Waals surface area contributed by atoms with Crippen molar-refractivity contribution in [2.75, 3.05) is 5.32 Å². The molecule has 1 amide bonds. The maximum absolute atomic E-state index is 12.0. The summed E-state index contributed by atoms with van der Waals surface area (Å²) in [5.41, 5.74) is 2.25. The molecule has 1 N–H and O–H groups in total. The minimum atomic E-state index is -0.324. The van der Waals surface area contributed by atoms with Gasteiger partial charge in [0.1, 0.15) is 5.75 Å². The lowest BCUT2D eigenvalue weighted by Gasteiger charge is -2.08. The molecular weight excluding hydrogens is 294 g/mol. The number of amides is 1. The predicted molar refractivity (Wildman–Crippen MR) is 84.7 cm³/mol. The first-order chi connectivity index (χ1) is 11.1. The Morgan fingerprint density at radius 2 is 1.87 bits per heavy atom. The van der Waals surface area contributed by atoms with Crippen LogP contribution in [0.1, 0.15) is 21.9 Å². The number of aromatic nitrogens is 2. The Hall–Kier alpha value is -3.15. The normalized spacial score (nSPS) is 10.3. The third-order valence-corrected chi connectivity index (χ3v) is 3.01. The van der Waals surface area contributed by atoms with Crippen molar-refractivity contribution in [1.29, 1.82) is 0 Å². The maximum atomic E-state index is 12.0. The molecule has 6 heteroatoms. The van der Waals surface area contributed by atoms with Gasteiger partial charge in [-0.25, -0.2) is 9.97 Å². The van der Waals surface area contributed by atoms with Gasteiger partial charge in [0, 0.05) is 23.1 Å². The SMILES string of the molecule is Cc1cc(C)nc(Oc2cccc(NC(=O)c3ccco3)c2)n1. The Balaban J connectivity index is 1.76. The van der Waals surface area contributed by atoms with E-state index in [2.05, 4.69) is 15.3 Å². The second-order valence-electron chi connectivity index (χ2n) is 4.99. The van der Waals surface area contributed by atoms with Crippen LogP contribution in [-0.4, -0.2) is 15.9 Å². The van der Waals surface area contributed by atoms with E-state index in [0.29, 0.717) is 11.4 Å². The van der Waals surface area contributed by atoms with Gasteiger partial charge in [0.05, 0.1) is 6.26 Å². The molecule has 116 valence electrons. The van der Waals surface area contributed by atoms with Crippen molar-refractivity contribution in [3.63, 3.8) is 0 Å². The Morgan fingerprint density at radius 1 is 1.09 bits per heavy atom. The van der Waals surface area contributed by atoms with Crippen LogP contribution in [0.2, 0.25) is 0 Å². The van der Waals surface area contributed by atoms with Gasteiger partial charge >= 0.3 is 6.01 Å². The number of nitrogens with zero attached hydrogens (tertiary/aromatic N) is 2. The fraction of sp³-hybridized carbons (Fsp3) is 0.118. The van der Waals surface area contributed by atoms with Gasteiger partial charge in [0.15, 0.2) is 5.76 Å². The summed E-state index contributed by atoms with van der Waals surface area (Å²) in [6.07, 6.45) is 1.45. The molecule has 0 atom stereocenters. The number of hydrogen-bond acceptors (Lipinski definition) is 5. The minimum Gasteiger partial charge on any atom is -0.459 e. The number of benzene rings is 1. The highest BCUT2D eigenvalue weighted by atomic mass is 16.5. The van der Waals surface area contributed by atoms with Gasteiger partial charge in [0.2, 0.25) is 0 Å². The van der Waals surface area contributed by atoms with Crippen molar-refractivity contribution >= 4 is 11.6 Å². The Labute approximate surface area is 133 Å². The number of carbonyl (C=O) groups is 1. The van der Waals surface area contributed by atoms with Crippen LogP contribution < -0.4 is 10.1 Å². The number of carbonyl (C=O) groups excluding carboxylic acids is 1. The number of rotatable bonds is 4. The van der Waals surface area contributed by atoms with E-state index in [1.54, 1.807) is 36.4 Å². The van der Waals surface area contributed by atoms with E-state index in [9.17, 15) is 4.79 Å². The molecule has 0 saturated carbocycles. The van der Waals surface area contributed by atoms with Gasteiger partial charge in [0.25, 0.3) is 5.91 Å². The lowest BCUT2D eigenvalue weighted by molar-refractivity contribution is 0.0996. The molecule has 2 aromatic heterocycles. The standard InChI is InChI=1S/C17H15N3O3/c1-11-9-12(2)19-17(18-11)23-14-6-3-5-13(10-14)20-16(21)15-7-4-8-22-15/h3-10H,1-2H3,(H,20,21). The summed E-state index contributed by atoms with van der Waals surface area (Å²) in [6.45, 7) is 3.75. The quantitative estimate of drug-likeness (QED) is 0.794. The van der Waals surface area contributed by atoms with Gasteiger partial charge in [-0.3, -0.25) is 4.79 Å². The van der Waals surface area contributed by atoms with Crippen LogP contribution in [0.25, 0.3) is 0 Å². The molecule has 0 saturated heterocycles. The monoisotopic (exact) mass is 309 g/mol. The maximum Gasteiger partial charge on any atom is 0.322 e. The zero-order valence-electron chi connectivity index (χ0n) is 12.7. The van der Waals surface area contributed by atoms with Crippen LogP contribution in [0, 0.1) is 13.8 Å². The van der Waals surface area contributed by atoms with Crippen molar-refractivity contribution in [2.24, 2.45) is 0 Å². The summed E-state index contributed by atoms with van der Waals surface area (Å²) in [4.78, 5) is 20.4. The van der Waals surface area contributed by atoms with E-state index in [-0.39, 0.29) is 17.7 Å². The molecule has 2 heterocycles. The van der Waals surface area contributed by atoms with E-state index < -0.39 is 0 Å². The Morgan fingerprint density at radius 3 is 2.57 bits per heavy atom. The zero-order valence-corrected chi connectivity index (χ0v) is 12.7. The molecule has 0 spiro atoms. The number of furan rings is 1. The molecule has 6 nitrogen and oxygen atoms in total. The first-order valence-corrected chi connectivity index (χ1v) is 7.05. The summed E-state index contributed by atoms with van der Waals surface area (Å²) in [6, 6.07) is 12.4. The number of anilines is 1. The topological polar surface area (TPSA) is 77.2 Å². The molecule has 0 bridgehead atoms. The molecule has 0 radical (unpaired) electrons. The lowest BCUT2D eigenvalue weighted by atomic mass is 10.3. The lowest BCUT2D eigenvalue weighted by Crippen LogP contribution is -2.10. The highest BCUT2D eigenvalue weighted by Gasteiger charge is 2.09. The van der Waals surface area contributed by atoms with Crippen molar-refractivity contribution in [3.8, 4) is 11.8 Å². The average molecular weight is 309 g/mol. The summed E-state index contributed by atoms with van der Waals surface area (Å²) in [5, 5.41) is 2.74. The third kappa shape index (κ3) is 3.74. The largest absolute Gasteiger partial charge is 0.459 e. The molecule has 0 aliphatic carbocycles. The van der Waals surface area contributed by atoms with E-state index in [4.69, 9.17) is 9.15 Å². The van der Waals surface area contributed by atoms with E-state index in [1.807, 2.05) is 19.9 Å². The van der Waals surface area contributed by atoms with Gasteiger partial charge in [-0.05, 0) is 44.2 Å². The number of ether oxygens (including phenoxy) is 1. The van der Waals surface area contributed by atoms with E-state index >= 15 is 0 Å². The Kier molecular flexibility index (Phi) is 4.05. The fourth-order valence-corrected chi connectivity index (χ4v) is 2.08. The fourth-order valence-electron chi connectivity index (χ4n) is 2.08. The first-order valence-electron chi connectivity index (χ1n) is 7.05. The van der Waals surface area contributed by atoms with Crippen molar-refractivity contribution in [3.05, 3.63) is 65.9 Å². The smallest absolute Gasteiger partial charge is 0.322 e. The average Bonchev–Trinajstić information content (AvgIpc) is 3.00. The summed E-state index contributed by atoms with van der Waals surface area (Å²) in [7, 11) is 0. The molecule has 0 unspecified atom stereocenters. The molecule has 3 aromatic rings. The highest BCUT2D eigenvalue weighted by molar-refractivity contribution is 6.02. The van der Waals surface area contributed by atoms with Crippen LogP contribution in [0.4, 0.5) is 5.69 Å². The molecule has 23 heavy (non-hydrogen) atoms. The second kappa shape index (κ2) is 6.31. The molecule has 1 aromatic carbocycles. The van der Waals surface area contributed by atoms with Gasteiger partial charge in [-0.2, -0.15) is 0 Å². The van der Waals surface area contributed by atoms with Crippen molar-refractivity contribution in [1.82, 2.24) is 9.97 Å². The number of aryl methyl sites for hydroxylation is 2. The first kappa shape index (κ1) is 14.8. The predicted octanol–water partition coefficient (Wildman–Crippen LogP) is 3.73. The van der Waals surface area contributed by atoms with Crippen LogP contribution in [-0.2, 0) is 0 Å². The summed E-state index contributed by atoms with van der Waals surface area (Å²) < 4.78 is 10.7. The molecular formula is C17H15N3O3. The number of hydrogen-bond donors (Lipinski definition) is 1. The molecule has 3 rings (SSSR count). The van der Waals surface area contributed by atoms with Crippen LogP contribution in [0.5, 0.6) is 11.8 Å². The second-order valence-corrected chi connectivity index (χ2v) is 4.99. The summed E-state index contributed by atoms with van der Waals surface area (Å²) in [5.74, 6) is 0.455. The Bertz CT molecular complexity index is 809. The van der Waals surface area contributed by atoms with Crippen LogP contribution in [0.15, 0.2) is 53.1 Å². The zero-order chi connectivity index (χ0) is 16.2. The minimum absolute atomic E-state index is 0.244. The summed E-state index contributed by atoms with van der Waals surface area (Å²) >= 11 is 0. The highest BCUT2D eigenvalue weighted by Crippen LogP contribution is 2.22. The van der Waals surface area contributed by atoms with E-state index in [0.717, 1.165) is 11.4 Å². The van der Waals surface area contributed by atoms with Crippen LogP contribution in [0.3, 0.4) is 0 Å². The van der Waals surface area contributed by atoms with Gasteiger partial charge < -0.3 is 14.5 Å². The van der Waals surface area contributed by atoms with Gasteiger partial charge in [-0.15, -0.1) is 0 Å². The van der Waals surface area contributed by atoms with E-state index in [1.165, 1.54) is 6.26 Å². The molecule has 0 aliphatic rings. The van der Waals surface area contributed by atoms with Crippen LogP contribution >= 0.6 is 0 Å².